The molecular formula is C28H36O4SSi. The standard InChI is InChI=1S/C28H36O4SSi/c1-24-18-20-25(21-19-24)33(29,30)31-22-12-7-13-23-32-34(28(2,3)4,26-14-8-5-9-15-26)27-16-10-6-11-17-27/h5-6,8-11,14-21H,7,12-13,22-23H2,1-4H3. The maximum atomic E-state index is 12.3. The first-order valence-electron chi connectivity index (χ1n) is 11.9. The molecule has 0 aromatic heterocycles. The topological polar surface area (TPSA) is 52.6 Å². The Balaban J connectivity index is 1.61. The molecule has 3 aromatic rings. The Morgan fingerprint density at radius 2 is 1.21 bits per heavy atom. The molecule has 0 radical (unpaired) electrons. The van der Waals surface area contributed by atoms with E-state index in [0.29, 0.717) is 13.0 Å². The third kappa shape index (κ3) is 6.24. The minimum absolute atomic E-state index is 0.0546. The number of hydrogen-bond donors (Lipinski definition) is 0. The van der Waals surface area contributed by atoms with E-state index in [4.69, 9.17) is 8.61 Å². The Morgan fingerprint density at radius 3 is 1.71 bits per heavy atom. The van der Waals surface area contributed by atoms with Gasteiger partial charge < -0.3 is 4.43 Å². The molecule has 182 valence electrons. The second kappa shape index (κ2) is 11.4. The molecule has 6 heteroatoms. The molecule has 0 bridgehead atoms. The monoisotopic (exact) mass is 496 g/mol. The quantitative estimate of drug-likeness (QED) is 0.201. The van der Waals surface area contributed by atoms with Crippen LogP contribution < -0.4 is 10.4 Å². The van der Waals surface area contributed by atoms with Gasteiger partial charge in [-0.25, -0.2) is 0 Å². The molecule has 0 aliphatic heterocycles. The fourth-order valence-electron chi connectivity index (χ4n) is 4.31. The van der Waals surface area contributed by atoms with Gasteiger partial charge in [-0.05, 0) is 53.7 Å². The van der Waals surface area contributed by atoms with Gasteiger partial charge >= 0.3 is 0 Å². The molecule has 3 rings (SSSR count). The molecule has 0 unspecified atom stereocenters. The first-order valence-corrected chi connectivity index (χ1v) is 15.2. The minimum atomic E-state index is -3.71. The zero-order valence-corrected chi connectivity index (χ0v) is 22.5. The highest BCUT2D eigenvalue weighted by Gasteiger charge is 2.49. The van der Waals surface area contributed by atoms with Crippen LogP contribution >= 0.6 is 0 Å². The largest absolute Gasteiger partial charge is 0.407 e. The second-order valence-corrected chi connectivity index (χ2v) is 15.6. The fourth-order valence-corrected chi connectivity index (χ4v) is 9.86. The first kappa shape index (κ1) is 26.4. The highest BCUT2D eigenvalue weighted by molar-refractivity contribution is 7.86. The molecule has 4 nitrogen and oxygen atoms in total. The summed E-state index contributed by atoms with van der Waals surface area (Å²) in [5, 5.41) is 2.48. The van der Waals surface area contributed by atoms with Crippen LogP contribution in [0.1, 0.15) is 45.6 Å². The van der Waals surface area contributed by atoms with Gasteiger partial charge in [0, 0.05) is 6.61 Å². The van der Waals surface area contributed by atoms with Crippen LogP contribution in [0.4, 0.5) is 0 Å². The van der Waals surface area contributed by atoms with E-state index >= 15 is 0 Å². The fraction of sp³-hybridized carbons (Fsp3) is 0.357. The van der Waals surface area contributed by atoms with Gasteiger partial charge in [-0.1, -0.05) is 99.1 Å². The van der Waals surface area contributed by atoms with Crippen LogP contribution in [-0.4, -0.2) is 29.9 Å². The summed E-state index contributed by atoms with van der Waals surface area (Å²) in [6.07, 6.45) is 2.34. The summed E-state index contributed by atoms with van der Waals surface area (Å²) in [4.78, 5) is 0.202. The van der Waals surface area contributed by atoms with Gasteiger partial charge in [0.15, 0.2) is 0 Å². The molecule has 0 saturated heterocycles. The molecule has 0 spiro atoms. The molecule has 0 fully saturated rings. The summed E-state index contributed by atoms with van der Waals surface area (Å²) in [7, 11) is -6.23. The zero-order chi connectivity index (χ0) is 24.7. The van der Waals surface area contributed by atoms with Gasteiger partial charge in [0.2, 0.25) is 0 Å². The average molecular weight is 497 g/mol. The van der Waals surface area contributed by atoms with Crippen molar-refractivity contribution >= 4 is 28.8 Å². The number of rotatable bonds is 11. The van der Waals surface area contributed by atoms with Gasteiger partial charge in [-0.15, -0.1) is 0 Å². The van der Waals surface area contributed by atoms with Crippen molar-refractivity contribution in [2.24, 2.45) is 0 Å². The van der Waals surface area contributed by atoms with Crippen LogP contribution in [0, 0.1) is 6.92 Å². The van der Waals surface area contributed by atoms with Crippen molar-refractivity contribution in [3.8, 4) is 0 Å². The van der Waals surface area contributed by atoms with Crippen molar-refractivity contribution in [1.29, 1.82) is 0 Å². The van der Waals surface area contributed by atoms with E-state index in [1.807, 2.05) is 19.1 Å². The maximum absolute atomic E-state index is 12.3. The highest BCUT2D eigenvalue weighted by Crippen LogP contribution is 2.36. The van der Waals surface area contributed by atoms with Crippen LogP contribution in [0.2, 0.25) is 5.04 Å². The Kier molecular flexibility index (Phi) is 8.87. The van der Waals surface area contributed by atoms with Crippen molar-refractivity contribution < 1.29 is 17.0 Å². The predicted octanol–water partition coefficient (Wildman–Crippen LogP) is 5.45. The molecule has 0 aliphatic rings. The van der Waals surface area contributed by atoms with Crippen molar-refractivity contribution in [1.82, 2.24) is 0 Å². The predicted molar refractivity (Wildman–Crippen MR) is 142 cm³/mol. The van der Waals surface area contributed by atoms with Gasteiger partial charge in [0.1, 0.15) is 0 Å². The minimum Gasteiger partial charge on any atom is -0.407 e. The van der Waals surface area contributed by atoms with Gasteiger partial charge in [0.25, 0.3) is 18.4 Å². The van der Waals surface area contributed by atoms with Gasteiger partial charge in [0.05, 0.1) is 11.5 Å². The highest BCUT2D eigenvalue weighted by atomic mass is 32.2. The lowest BCUT2D eigenvalue weighted by Gasteiger charge is -2.43. The molecule has 0 N–H and O–H groups in total. The number of benzene rings is 3. The summed E-state index contributed by atoms with van der Waals surface area (Å²) in [5.41, 5.74) is 1.01. The number of unbranched alkanes of at least 4 members (excludes halogenated alkanes) is 2. The molecule has 0 heterocycles. The summed E-state index contributed by atoms with van der Waals surface area (Å²) < 4.78 is 36.8. The van der Waals surface area contributed by atoms with Crippen LogP contribution in [0.5, 0.6) is 0 Å². The van der Waals surface area contributed by atoms with Crippen LogP contribution in [0.15, 0.2) is 89.8 Å². The summed E-state index contributed by atoms with van der Waals surface area (Å²) in [6.45, 7) is 9.52. The SMILES string of the molecule is Cc1ccc(S(=O)(=O)OCCCCCO[Si](c2ccccc2)(c2ccccc2)C(C)(C)C)cc1. The summed E-state index contributed by atoms with van der Waals surface area (Å²) >= 11 is 0. The lowest BCUT2D eigenvalue weighted by Crippen LogP contribution is -2.66. The third-order valence-corrected chi connectivity index (χ3v) is 12.4. The second-order valence-electron chi connectivity index (χ2n) is 9.66. The lowest BCUT2D eigenvalue weighted by molar-refractivity contribution is 0.271. The Hall–Kier alpha value is -2.25. The van der Waals surface area contributed by atoms with E-state index < -0.39 is 18.4 Å². The Bertz CT molecular complexity index is 1080. The van der Waals surface area contributed by atoms with Gasteiger partial charge in [-0.3, -0.25) is 4.18 Å². The van der Waals surface area contributed by atoms with Crippen molar-refractivity contribution in [2.45, 2.75) is 56.9 Å². The molecule has 34 heavy (non-hydrogen) atoms. The molecule has 0 amide bonds. The maximum Gasteiger partial charge on any atom is 0.296 e. The van der Waals surface area contributed by atoms with Crippen LogP contribution in [0.3, 0.4) is 0 Å². The Morgan fingerprint density at radius 1 is 0.706 bits per heavy atom. The number of aryl methyl sites for hydroxylation is 1. The summed E-state index contributed by atoms with van der Waals surface area (Å²) in [6, 6.07) is 27.9. The third-order valence-electron chi connectivity index (χ3n) is 6.07. The summed E-state index contributed by atoms with van der Waals surface area (Å²) in [5.74, 6) is 0. The molecule has 0 atom stereocenters. The van der Waals surface area contributed by atoms with Crippen molar-refractivity contribution in [2.75, 3.05) is 13.2 Å². The molecule has 3 aromatic carbocycles. The van der Waals surface area contributed by atoms with E-state index in [2.05, 4.69) is 69.3 Å². The van der Waals surface area contributed by atoms with Crippen molar-refractivity contribution in [3.05, 3.63) is 90.5 Å². The normalized spacial score (nSPS) is 12.6. The van der Waals surface area contributed by atoms with Crippen LogP contribution in [0.25, 0.3) is 0 Å². The van der Waals surface area contributed by atoms with E-state index in [-0.39, 0.29) is 16.5 Å². The molecule has 0 saturated carbocycles. The van der Waals surface area contributed by atoms with E-state index in [1.54, 1.807) is 24.3 Å². The number of hydrogen-bond acceptors (Lipinski definition) is 4. The van der Waals surface area contributed by atoms with Gasteiger partial charge in [-0.2, -0.15) is 8.42 Å². The molecule has 0 aliphatic carbocycles. The smallest absolute Gasteiger partial charge is 0.296 e. The van der Waals surface area contributed by atoms with E-state index in [1.165, 1.54) is 10.4 Å². The van der Waals surface area contributed by atoms with Crippen molar-refractivity contribution in [3.63, 3.8) is 0 Å². The lowest BCUT2D eigenvalue weighted by atomic mass is 10.2. The molecular weight excluding hydrogens is 460 g/mol. The zero-order valence-electron chi connectivity index (χ0n) is 20.7. The van der Waals surface area contributed by atoms with Crippen LogP contribution in [-0.2, 0) is 18.7 Å². The Labute approximate surface area is 206 Å². The van der Waals surface area contributed by atoms with E-state index in [9.17, 15) is 8.42 Å². The first-order chi connectivity index (χ1) is 16.2. The van der Waals surface area contributed by atoms with E-state index in [0.717, 1.165) is 18.4 Å². The average Bonchev–Trinajstić information content (AvgIpc) is 2.81.